The molecule has 1 saturated heterocycles. The Morgan fingerprint density at radius 3 is 2.79 bits per heavy atom. The standard InChI is InChI=1S/C24H39NO4/c1-22-11-7-12-23(2,28-3)24(22,27)14-18-19(21(26)29-20(18)15-22)16-25-13-10-17-8-5-4-6-9-17/h8,18-20,25,27H,4-7,9-16H2,1-3H3/p+1/t18-,19-,20-,22-,23-,24-/m1/s1. The van der Waals surface area contributed by atoms with E-state index in [4.69, 9.17) is 9.47 Å². The molecule has 2 saturated carbocycles. The van der Waals surface area contributed by atoms with Crippen LogP contribution < -0.4 is 5.32 Å². The Labute approximate surface area is 175 Å². The second-order valence-electron chi connectivity index (χ2n) is 10.5. The molecule has 4 aliphatic rings. The van der Waals surface area contributed by atoms with Gasteiger partial charge in [0.2, 0.25) is 0 Å². The molecule has 3 N–H and O–H groups in total. The van der Waals surface area contributed by atoms with Gasteiger partial charge in [-0.2, -0.15) is 0 Å². The molecule has 5 nitrogen and oxygen atoms in total. The third kappa shape index (κ3) is 3.57. The summed E-state index contributed by atoms with van der Waals surface area (Å²) in [6, 6.07) is 0. The lowest BCUT2D eigenvalue weighted by molar-refractivity contribution is -0.658. The van der Waals surface area contributed by atoms with Crippen molar-refractivity contribution in [3.05, 3.63) is 11.6 Å². The second kappa shape index (κ2) is 7.97. The molecule has 0 aromatic heterocycles. The number of hydrogen-bond acceptors (Lipinski definition) is 4. The van der Waals surface area contributed by atoms with Gasteiger partial charge in [0, 0.05) is 24.9 Å². The third-order valence-electron chi connectivity index (χ3n) is 8.93. The number of hydrogen-bond donors (Lipinski definition) is 2. The quantitative estimate of drug-likeness (QED) is 0.404. The Hall–Kier alpha value is -0.910. The normalized spacial score (nSPS) is 44.6. The molecule has 5 heteroatoms. The Morgan fingerprint density at radius 1 is 1.24 bits per heavy atom. The number of rotatable bonds is 6. The van der Waals surface area contributed by atoms with Gasteiger partial charge in [-0.1, -0.05) is 18.6 Å². The number of fused-ring (bicyclic) bond motifs is 2. The van der Waals surface area contributed by atoms with E-state index in [2.05, 4.69) is 25.2 Å². The number of aliphatic hydroxyl groups is 1. The highest BCUT2D eigenvalue weighted by atomic mass is 16.6. The summed E-state index contributed by atoms with van der Waals surface area (Å²) in [6.45, 7) is 6.03. The molecular formula is C24H40NO4+. The van der Waals surface area contributed by atoms with Gasteiger partial charge in [-0.05, 0) is 64.7 Å². The number of carbonyl (C=O) groups is 1. The molecule has 0 aromatic carbocycles. The van der Waals surface area contributed by atoms with Crippen molar-refractivity contribution in [2.24, 2.45) is 17.3 Å². The van der Waals surface area contributed by atoms with Gasteiger partial charge in [-0.3, -0.25) is 4.79 Å². The first-order valence-corrected chi connectivity index (χ1v) is 11.8. The highest BCUT2D eigenvalue weighted by Gasteiger charge is 2.67. The van der Waals surface area contributed by atoms with Crippen molar-refractivity contribution in [3.63, 3.8) is 0 Å². The first-order chi connectivity index (χ1) is 13.8. The molecule has 164 valence electrons. The predicted octanol–water partition coefficient (Wildman–Crippen LogP) is 2.72. The molecule has 3 fully saturated rings. The fourth-order valence-electron chi connectivity index (χ4n) is 6.87. The number of esters is 1. The van der Waals surface area contributed by atoms with Crippen molar-refractivity contribution in [1.29, 1.82) is 0 Å². The molecule has 0 aromatic rings. The largest absolute Gasteiger partial charge is 0.462 e. The fraction of sp³-hybridized carbons (Fsp3) is 0.875. The van der Waals surface area contributed by atoms with Crippen LogP contribution in [0.4, 0.5) is 0 Å². The molecule has 29 heavy (non-hydrogen) atoms. The van der Waals surface area contributed by atoms with E-state index >= 15 is 0 Å². The molecule has 0 radical (unpaired) electrons. The van der Waals surface area contributed by atoms with Gasteiger partial charge in [0.25, 0.3) is 0 Å². The van der Waals surface area contributed by atoms with Crippen LogP contribution in [0.5, 0.6) is 0 Å². The number of allylic oxidation sites excluding steroid dienone is 1. The van der Waals surface area contributed by atoms with Crippen LogP contribution in [0, 0.1) is 17.3 Å². The van der Waals surface area contributed by atoms with E-state index in [0.717, 1.165) is 45.2 Å². The van der Waals surface area contributed by atoms with Crippen molar-refractivity contribution in [2.75, 3.05) is 20.2 Å². The summed E-state index contributed by atoms with van der Waals surface area (Å²) in [4.78, 5) is 12.7. The minimum absolute atomic E-state index is 0.0496. The van der Waals surface area contributed by atoms with Crippen LogP contribution in [0.2, 0.25) is 0 Å². The predicted molar refractivity (Wildman–Crippen MR) is 111 cm³/mol. The molecule has 1 aliphatic heterocycles. The lowest BCUT2D eigenvalue weighted by Crippen LogP contribution is -2.86. The lowest BCUT2D eigenvalue weighted by atomic mass is 9.49. The topological polar surface area (TPSA) is 72.4 Å². The van der Waals surface area contributed by atoms with E-state index in [1.807, 2.05) is 0 Å². The van der Waals surface area contributed by atoms with Gasteiger partial charge in [0.1, 0.15) is 12.0 Å². The first-order valence-electron chi connectivity index (χ1n) is 11.8. The van der Waals surface area contributed by atoms with Gasteiger partial charge in [0.05, 0.1) is 24.3 Å². The summed E-state index contributed by atoms with van der Waals surface area (Å²) in [5.74, 6) is -0.0756. The van der Waals surface area contributed by atoms with E-state index in [1.54, 1.807) is 12.7 Å². The molecule has 0 unspecified atom stereocenters. The van der Waals surface area contributed by atoms with E-state index in [1.165, 1.54) is 25.7 Å². The van der Waals surface area contributed by atoms with Crippen LogP contribution in [0.1, 0.15) is 78.1 Å². The van der Waals surface area contributed by atoms with Crippen LogP contribution in [-0.2, 0) is 14.3 Å². The smallest absolute Gasteiger partial charge is 0.315 e. The SMILES string of the molecule is CO[C@]1(C)CCC[C@]2(C)C[C@H]3OC(=O)[C@H](C[NH2+]CCC4=CCCCC4)[C@H]3C[C@@]21O. The molecule has 3 aliphatic carbocycles. The summed E-state index contributed by atoms with van der Waals surface area (Å²) in [5.41, 5.74) is -0.144. The van der Waals surface area contributed by atoms with Gasteiger partial charge >= 0.3 is 5.97 Å². The number of carbonyl (C=O) groups excluding carboxylic acids is 1. The zero-order chi connectivity index (χ0) is 20.7. The maximum absolute atomic E-state index is 12.7. The van der Waals surface area contributed by atoms with Crippen molar-refractivity contribution in [3.8, 4) is 0 Å². The van der Waals surface area contributed by atoms with E-state index < -0.39 is 11.2 Å². The summed E-state index contributed by atoms with van der Waals surface area (Å²) in [6.07, 6.45) is 12.8. The van der Waals surface area contributed by atoms with Gasteiger partial charge in [0.15, 0.2) is 0 Å². The maximum atomic E-state index is 12.7. The number of quaternary nitrogens is 1. The molecule has 0 spiro atoms. The zero-order valence-electron chi connectivity index (χ0n) is 18.5. The Kier molecular flexibility index (Phi) is 5.86. The average Bonchev–Trinajstić information content (AvgIpc) is 2.99. The average molecular weight is 407 g/mol. The Morgan fingerprint density at radius 2 is 2.07 bits per heavy atom. The molecule has 1 heterocycles. The maximum Gasteiger partial charge on any atom is 0.315 e. The van der Waals surface area contributed by atoms with Crippen LogP contribution in [-0.4, -0.2) is 48.6 Å². The minimum atomic E-state index is -0.909. The van der Waals surface area contributed by atoms with Gasteiger partial charge in [-0.15, -0.1) is 0 Å². The van der Waals surface area contributed by atoms with Crippen molar-refractivity contribution < 1.29 is 24.7 Å². The third-order valence-corrected chi connectivity index (χ3v) is 8.93. The number of nitrogens with two attached hydrogens (primary N) is 1. The van der Waals surface area contributed by atoms with E-state index in [-0.39, 0.29) is 29.3 Å². The summed E-state index contributed by atoms with van der Waals surface area (Å²) in [5, 5.41) is 14.2. The van der Waals surface area contributed by atoms with Crippen LogP contribution in [0.3, 0.4) is 0 Å². The van der Waals surface area contributed by atoms with E-state index in [9.17, 15) is 9.90 Å². The highest BCUT2D eigenvalue weighted by Crippen LogP contribution is 2.61. The highest BCUT2D eigenvalue weighted by molar-refractivity contribution is 5.75. The van der Waals surface area contributed by atoms with Crippen LogP contribution in [0.15, 0.2) is 11.6 Å². The Bertz CT molecular complexity index is 663. The van der Waals surface area contributed by atoms with Gasteiger partial charge in [-0.25, -0.2) is 0 Å². The van der Waals surface area contributed by atoms with Crippen molar-refractivity contribution in [1.82, 2.24) is 0 Å². The zero-order valence-corrected chi connectivity index (χ0v) is 18.5. The van der Waals surface area contributed by atoms with Gasteiger partial charge < -0.3 is 19.9 Å². The summed E-state index contributed by atoms with van der Waals surface area (Å²) in [7, 11) is 1.72. The number of ether oxygens (including phenoxy) is 2. The van der Waals surface area contributed by atoms with Crippen LogP contribution in [0.25, 0.3) is 0 Å². The molecule has 0 amide bonds. The second-order valence-corrected chi connectivity index (χ2v) is 10.5. The summed E-state index contributed by atoms with van der Waals surface area (Å²) < 4.78 is 11.8. The molecule has 4 rings (SSSR count). The van der Waals surface area contributed by atoms with Crippen LogP contribution >= 0.6 is 0 Å². The fourth-order valence-corrected chi connectivity index (χ4v) is 6.87. The lowest BCUT2D eigenvalue weighted by Gasteiger charge is -2.61. The first kappa shape index (κ1) is 21.3. The molecule has 6 atom stereocenters. The monoisotopic (exact) mass is 406 g/mol. The summed E-state index contributed by atoms with van der Waals surface area (Å²) >= 11 is 0. The molecule has 0 bridgehead atoms. The van der Waals surface area contributed by atoms with Crippen molar-refractivity contribution in [2.45, 2.75) is 95.4 Å². The minimum Gasteiger partial charge on any atom is -0.462 e. The van der Waals surface area contributed by atoms with Crippen molar-refractivity contribution >= 4 is 5.97 Å². The molecular weight excluding hydrogens is 366 g/mol. The number of methoxy groups -OCH3 is 1. The van der Waals surface area contributed by atoms with E-state index in [0.29, 0.717) is 6.42 Å². The Balaban J connectivity index is 1.42.